The molecule has 1 amide bonds. The van der Waals surface area contributed by atoms with E-state index in [2.05, 4.69) is 11.0 Å². The van der Waals surface area contributed by atoms with Crippen LogP contribution in [0.1, 0.15) is 27.9 Å². The standard InChI is InChI=1S/C23H26ClN3O2S/c1-16-13-17(2)15-18(14-16)22(28)27(8-4-7-26-9-11-29-12-10-26)23-25-21-19(24)5-3-6-20(21)30-23/h3,5-6,13-15H,4,7-12H2,1-2H3. The second-order valence-corrected chi connectivity index (χ2v) is 9.14. The molecule has 1 fully saturated rings. The summed E-state index contributed by atoms with van der Waals surface area (Å²) in [6.07, 6.45) is 0.875. The molecule has 0 radical (unpaired) electrons. The Morgan fingerprint density at radius 2 is 1.93 bits per heavy atom. The quantitative estimate of drug-likeness (QED) is 0.541. The van der Waals surface area contributed by atoms with Gasteiger partial charge in [0.25, 0.3) is 5.91 Å². The van der Waals surface area contributed by atoms with Crippen molar-refractivity contribution in [2.24, 2.45) is 0 Å². The number of thiazole rings is 1. The van der Waals surface area contributed by atoms with Crippen LogP contribution >= 0.6 is 22.9 Å². The van der Waals surface area contributed by atoms with Crippen molar-refractivity contribution in [3.8, 4) is 0 Å². The molecule has 2 aromatic carbocycles. The topological polar surface area (TPSA) is 45.7 Å². The minimum absolute atomic E-state index is 0.0149. The molecule has 0 atom stereocenters. The van der Waals surface area contributed by atoms with E-state index in [1.165, 1.54) is 11.3 Å². The third-order valence-electron chi connectivity index (χ3n) is 5.26. The molecule has 4 rings (SSSR count). The van der Waals surface area contributed by atoms with Crippen molar-refractivity contribution in [3.63, 3.8) is 0 Å². The number of hydrogen-bond donors (Lipinski definition) is 0. The Morgan fingerprint density at radius 1 is 1.20 bits per heavy atom. The number of fused-ring (bicyclic) bond motifs is 1. The van der Waals surface area contributed by atoms with Crippen molar-refractivity contribution >= 4 is 44.2 Å². The van der Waals surface area contributed by atoms with E-state index in [1.54, 1.807) is 0 Å². The summed E-state index contributed by atoms with van der Waals surface area (Å²) in [6.45, 7) is 9.03. The molecule has 1 saturated heterocycles. The number of morpholine rings is 1. The Balaban J connectivity index is 1.60. The van der Waals surface area contributed by atoms with Crippen LogP contribution in [0.3, 0.4) is 0 Å². The molecule has 0 saturated carbocycles. The Hall–Kier alpha value is -1.99. The van der Waals surface area contributed by atoms with Gasteiger partial charge >= 0.3 is 0 Å². The van der Waals surface area contributed by atoms with Crippen LogP contribution in [0.2, 0.25) is 5.02 Å². The smallest absolute Gasteiger partial charge is 0.260 e. The van der Waals surface area contributed by atoms with Crippen molar-refractivity contribution in [1.29, 1.82) is 0 Å². The van der Waals surface area contributed by atoms with Gasteiger partial charge < -0.3 is 4.74 Å². The van der Waals surface area contributed by atoms with E-state index in [9.17, 15) is 4.79 Å². The number of aromatic nitrogens is 1. The van der Waals surface area contributed by atoms with Gasteiger partial charge in [-0.15, -0.1) is 0 Å². The molecule has 0 spiro atoms. The maximum absolute atomic E-state index is 13.5. The van der Waals surface area contributed by atoms with Gasteiger partial charge in [-0.25, -0.2) is 4.98 Å². The number of hydrogen-bond acceptors (Lipinski definition) is 5. The molecule has 3 aromatic rings. The van der Waals surface area contributed by atoms with E-state index in [0.717, 1.165) is 60.6 Å². The number of benzene rings is 2. The van der Waals surface area contributed by atoms with E-state index >= 15 is 0 Å². The minimum Gasteiger partial charge on any atom is -0.379 e. The van der Waals surface area contributed by atoms with Crippen LogP contribution < -0.4 is 4.90 Å². The molecule has 7 heteroatoms. The summed E-state index contributed by atoms with van der Waals surface area (Å²) in [5.74, 6) is -0.0149. The second kappa shape index (κ2) is 9.43. The van der Waals surface area contributed by atoms with Crippen molar-refractivity contribution < 1.29 is 9.53 Å². The van der Waals surface area contributed by atoms with Gasteiger partial charge in [0.15, 0.2) is 5.13 Å². The van der Waals surface area contributed by atoms with Crippen LogP contribution in [0.25, 0.3) is 10.2 Å². The van der Waals surface area contributed by atoms with Crippen molar-refractivity contribution in [1.82, 2.24) is 9.88 Å². The first-order valence-electron chi connectivity index (χ1n) is 10.3. The number of carbonyl (C=O) groups is 1. The lowest BCUT2D eigenvalue weighted by molar-refractivity contribution is 0.0376. The number of ether oxygens (including phenoxy) is 1. The minimum atomic E-state index is -0.0149. The van der Waals surface area contributed by atoms with Crippen molar-refractivity contribution in [3.05, 3.63) is 58.1 Å². The summed E-state index contributed by atoms with van der Waals surface area (Å²) < 4.78 is 6.42. The third-order valence-corrected chi connectivity index (χ3v) is 6.61. The SMILES string of the molecule is Cc1cc(C)cc(C(=O)N(CCCN2CCOCC2)c2nc3c(Cl)cccc3s2)c1. The number of para-hydroxylation sites is 1. The lowest BCUT2D eigenvalue weighted by atomic mass is 10.1. The molecular formula is C23H26ClN3O2S. The molecule has 0 N–H and O–H groups in total. The van der Waals surface area contributed by atoms with Crippen LogP contribution in [0, 0.1) is 13.8 Å². The average Bonchev–Trinajstić information content (AvgIpc) is 3.16. The maximum atomic E-state index is 13.5. The van der Waals surface area contributed by atoms with E-state index in [1.807, 2.05) is 49.1 Å². The van der Waals surface area contributed by atoms with E-state index in [-0.39, 0.29) is 5.91 Å². The zero-order chi connectivity index (χ0) is 21.1. The average molecular weight is 444 g/mol. The largest absolute Gasteiger partial charge is 0.379 e. The zero-order valence-electron chi connectivity index (χ0n) is 17.4. The highest BCUT2D eigenvalue weighted by molar-refractivity contribution is 7.22. The first kappa shape index (κ1) is 21.2. The van der Waals surface area contributed by atoms with Gasteiger partial charge in [-0.3, -0.25) is 14.6 Å². The Labute approximate surface area is 186 Å². The maximum Gasteiger partial charge on any atom is 0.260 e. The molecule has 1 aromatic heterocycles. The molecule has 0 bridgehead atoms. The second-order valence-electron chi connectivity index (χ2n) is 7.72. The van der Waals surface area contributed by atoms with Crippen molar-refractivity contribution in [2.45, 2.75) is 20.3 Å². The van der Waals surface area contributed by atoms with Crippen LogP contribution in [0.4, 0.5) is 5.13 Å². The number of rotatable bonds is 6. The molecule has 0 unspecified atom stereocenters. The number of nitrogens with zero attached hydrogens (tertiary/aromatic N) is 3. The highest BCUT2D eigenvalue weighted by atomic mass is 35.5. The number of carbonyl (C=O) groups excluding carboxylic acids is 1. The molecule has 30 heavy (non-hydrogen) atoms. The van der Waals surface area contributed by atoms with E-state index in [4.69, 9.17) is 21.3 Å². The summed E-state index contributed by atoms with van der Waals surface area (Å²) >= 11 is 7.85. The summed E-state index contributed by atoms with van der Waals surface area (Å²) in [4.78, 5) is 22.4. The predicted molar refractivity (Wildman–Crippen MR) is 124 cm³/mol. The van der Waals surface area contributed by atoms with Crippen LogP contribution in [-0.4, -0.2) is 55.2 Å². The fraction of sp³-hybridized carbons (Fsp3) is 0.391. The first-order valence-corrected chi connectivity index (χ1v) is 11.5. The van der Waals surface area contributed by atoms with Gasteiger partial charge in [0, 0.05) is 31.7 Å². The molecule has 158 valence electrons. The summed E-state index contributed by atoms with van der Waals surface area (Å²) in [6, 6.07) is 11.7. The first-order chi connectivity index (χ1) is 14.5. The fourth-order valence-electron chi connectivity index (χ4n) is 3.83. The Morgan fingerprint density at radius 3 is 2.63 bits per heavy atom. The van der Waals surface area contributed by atoms with Crippen LogP contribution in [0.15, 0.2) is 36.4 Å². The van der Waals surface area contributed by atoms with Gasteiger partial charge in [0.2, 0.25) is 0 Å². The highest BCUT2D eigenvalue weighted by Crippen LogP contribution is 2.33. The Bertz CT molecular complexity index is 1030. The monoisotopic (exact) mass is 443 g/mol. The van der Waals surface area contributed by atoms with Crippen LogP contribution in [-0.2, 0) is 4.74 Å². The Kier molecular flexibility index (Phi) is 6.68. The lowest BCUT2D eigenvalue weighted by Crippen LogP contribution is -2.39. The molecule has 1 aliphatic heterocycles. The zero-order valence-corrected chi connectivity index (χ0v) is 18.9. The number of amides is 1. The molecule has 5 nitrogen and oxygen atoms in total. The highest BCUT2D eigenvalue weighted by Gasteiger charge is 2.23. The van der Waals surface area contributed by atoms with Crippen LogP contribution in [0.5, 0.6) is 0 Å². The van der Waals surface area contributed by atoms with Gasteiger partial charge in [0.05, 0.1) is 22.9 Å². The molecule has 2 heterocycles. The van der Waals surface area contributed by atoms with Gasteiger partial charge in [-0.1, -0.05) is 46.2 Å². The number of aryl methyl sites for hydroxylation is 2. The fourth-order valence-corrected chi connectivity index (χ4v) is 5.12. The van der Waals surface area contributed by atoms with Gasteiger partial charge in [-0.2, -0.15) is 0 Å². The molecule has 0 aliphatic carbocycles. The molecular weight excluding hydrogens is 418 g/mol. The van der Waals surface area contributed by atoms with E-state index in [0.29, 0.717) is 22.3 Å². The van der Waals surface area contributed by atoms with Gasteiger partial charge in [0.1, 0.15) is 5.52 Å². The number of halogens is 1. The lowest BCUT2D eigenvalue weighted by Gasteiger charge is -2.27. The van der Waals surface area contributed by atoms with Crippen molar-refractivity contribution in [2.75, 3.05) is 44.3 Å². The predicted octanol–water partition coefficient (Wildman–Crippen LogP) is 4.94. The summed E-state index contributed by atoms with van der Waals surface area (Å²) in [7, 11) is 0. The molecule has 1 aliphatic rings. The normalized spacial score (nSPS) is 14.9. The third kappa shape index (κ3) is 4.83. The summed E-state index contributed by atoms with van der Waals surface area (Å²) in [5.41, 5.74) is 3.62. The van der Waals surface area contributed by atoms with Gasteiger partial charge in [-0.05, 0) is 44.5 Å². The number of anilines is 1. The van der Waals surface area contributed by atoms with E-state index < -0.39 is 0 Å². The summed E-state index contributed by atoms with van der Waals surface area (Å²) in [5, 5.41) is 1.31.